The van der Waals surface area contributed by atoms with E-state index in [0.29, 0.717) is 5.92 Å². The lowest BCUT2D eigenvalue weighted by molar-refractivity contribution is -0.144. The molecule has 0 aromatic carbocycles. The molecular formula is C15H27NO3. The molecule has 1 N–H and O–H groups in total. The first-order chi connectivity index (χ1) is 9.02. The van der Waals surface area contributed by atoms with E-state index in [2.05, 4.69) is 17.9 Å². The molecule has 0 aromatic heterocycles. The number of carboxylic acids is 1. The van der Waals surface area contributed by atoms with Gasteiger partial charge in [0.05, 0.1) is 13.2 Å². The van der Waals surface area contributed by atoms with Crippen molar-refractivity contribution in [3.8, 4) is 0 Å². The lowest BCUT2D eigenvalue weighted by atomic mass is 10.0. The van der Waals surface area contributed by atoms with Gasteiger partial charge in [0.25, 0.3) is 0 Å². The first kappa shape index (κ1) is 16.2. The fourth-order valence-electron chi connectivity index (χ4n) is 2.57. The van der Waals surface area contributed by atoms with Gasteiger partial charge in [-0.05, 0) is 31.2 Å². The fraction of sp³-hybridized carbons (Fsp3) is 0.800. The number of likely N-dealkylation sites (tertiary alicyclic amines) is 1. The van der Waals surface area contributed by atoms with Crippen molar-refractivity contribution in [3.05, 3.63) is 12.2 Å². The Kier molecular flexibility index (Phi) is 7.10. The number of nitrogens with zero attached hydrogens (tertiary/aromatic N) is 1. The van der Waals surface area contributed by atoms with Gasteiger partial charge in [0.2, 0.25) is 0 Å². The molecule has 4 heteroatoms. The predicted molar refractivity (Wildman–Crippen MR) is 76.2 cm³/mol. The summed E-state index contributed by atoms with van der Waals surface area (Å²) in [7, 11) is 0. The van der Waals surface area contributed by atoms with Crippen LogP contribution in [0.3, 0.4) is 0 Å². The maximum absolute atomic E-state index is 11.0. The summed E-state index contributed by atoms with van der Waals surface area (Å²) in [5, 5.41) is 9.05. The van der Waals surface area contributed by atoms with Crippen molar-refractivity contribution in [1.29, 1.82) is 0 Å². The van der Waals surface area contributed by atoms with Gasteiger partial charge in [-0.2, -0.15) is 0 Å². The molecule has 110 valence electrons. The SMILES string of the molecule is C1=CCOCC1.CC1CCN(C(C(=O)O)C(C)C)C1. The van der Waals surface area contributed by atoms with E-state index in [1.165, 1.54) is 0 Å². The standard InChI is InChI=1S/C10H19NO2.C5H8O/c1-7(2)9(10(12)13)11-5-4-8(3)6-11;1-2-4-6-5-3-1/h7-9H,4-6H2,1-3H3,(H,12,13);1-2H,3-5H2. The number of rotatable bonds is 3. The maximum atomic E-state index is 11.0. The Morgan fingerprint density at radius 2 is 2.16 bits per heavy atom. The van der Waals surface area contributed by atoms with Crippen LogP contribution in [0.2, 0.25) is 0 Å². The van der Waals surface area contributed by atoms with Gasteiger partial charge >= 0.3 is 5.97 Å². The molecule has 1 fully saturated rings. The van der Waals surface area contributed by atoms with E-state index >= 15 is 0 Å². The van der Waals surface area contributed by atoms with Gasteiger partial charge in [0, 0.05) is 6.54 Å². The Labute approximate surface area is 116 Å². The molecule has 0 spiro atoms. The minimum absolute atomic E-state index is 0.197. The number of ether oxygens (including phenoxy) is 1. The molecule has 4 nitrogen and oxygen atoms in total. The zero-order valence-corrected chi connectivity index (χ0v) is 12.3. The summed E-state index contributed by atoms with van der Waals surface area (Å²) < 4.78 is 4.98. The van der Waals surface area contributed by atoms with Crippen LogP contribution in [0, 0.1) is 11.8 Å². The molecule has 2 rings (SSSR count). The van der Waals surface area contributed by atoms with Gasteiger partial charge in [-0.1, -0.05) is 32.9 Å². The van der Waals surface area contributed by atoms with Gasteiger partial charge < -0.3 is 9.84 Å². The number of hydrogen-bond donors (Lipinski definition) is 1. The normalized spacial score (nSPS) is 24.9. The van der Waals surface area contributed by atoms with Crippen LogP contribution in [-0.4, -0.2) is 48.3 Å². The van der Waals surface area contributed by atoms with E-state index in [-0.39, 0.29) is 12.0 Å². The third-order valence-corrected chi connectivity index (χ3v) is 3.54. The Balaban J connectivity index is 0.000000250. The second-order valence-electron chi connectivity index (χ2n) is 5.75. The number of hydrogen-bond acceptors (Lipinski definition) is 3. The fourth-order valence-corrected chi connectivity index (χ4v) is 2.57. The number of carbonyl (C=O) groups is 1. The summed E-state index contributed by atoms with van der Waals surface area (Å²) in [4.78, 5) is 13.1. The van der Waals surface area contributed by atoms with E-state index in [1.807, 2.05) is 19.9 Å². The minimum Gasteiger partial charge on any atom is -0.480 e. The summed E-state index contributed by atoms with van der Waals surface area (Å²) >= 11 is 0. The molecule has 0 saturated carbocycles. The molecule has 19 heavy (non-hydrogen) atoms. The summed E-state index contributed by atoms with van der Waals surface area (Å²) in [6.07, 6.45) is 6.42. The molecule has 2 heterocycles. The molecule has 0 bridgehead atoms. The largest absolute Gasteiger partial charge is 0.480 e. The number of carboxylic acid groups (broad SMARTS) is 1. The molecule has 2 unspecified atom stereocenters. The minimum atomic E-state index is -0.677. The molecule has 2 aliphatic heterocycles. The van der Waals surface area contributed by atoms with Crippen molar-refractivity contribution < 1.29 is 14.6 Å². The van der Waals surface area contributed by atoms with Gasteiger partial charge in [-0.25, -0.2) is 0 Å². The third-order valence-electron chi connectivity index (χ3n) is 3.54. The highest BCUT2D eigenvalue weighted by Crippen LogP contribution is 2.21. The van der Waals surface area contributed by atoms with E-state index in [0.717, 1.165) is 39.1 Å². The maximum Gasteiger partial charge on any atom is 0.321 e. The smallest absolute Gasteiger partial charge is 0.321 e. The molecule has 0 aliphatic carbocycles. The van der Waals surface area contributed by atoms with Crippen LogP contribution in [0.5, 0.6) is 0 Å². The van der Waals surface area contributed by atoms with E-state index < -0.39 is 5.97 Å². The van der Waals surface area contributed by atoms with Gasteiger partial charge in [-0.3, -0.25) is 9.69 Å². The van der Waals surface area contributed by atoms with Gasteiger partial charge in [-0.15, -0.1) is 0 Å². The van der Waals surface area contributed by atoms with Gasteiger partial charge in [0.1, 0.15) is 6.04 Å². The Morgan fingerprint density at radius 3 is 2.42 bits per heavy atom. The molecule has 0 radical (unpaired) electrons. The first-order valence-electron chi connectivity index (χ1n) is 7.22. The van der Waals surface area contributed by atoms with E-state index in [9.17, 15) is 4.79 Å². The van der Waals surface area contributed by atoms with E-state index in [1.54, 1.807) is 0 Å². The second kappa shape index (κ2) is 8.33. The summed E-state index contributed by atoms with van der Waals surface area (Å²) in [6.45, 7) is 9.74. The molecule has 1 saturated heterocycles. The average Bonchev–Trinajstić information content (AvgIpc) is 2.77. The van der Waals surface area contributed by atoms with Gasteiger partial charge in [0.15, 0.2) is 0 Å². The Hall–Kier alpha value is -0.870. The van der Waals surface area contributed by atoms with E-state index in [4.69, 9.17) is 9.84 Å². The van der Waals surface area contributed by atoms with Crippen LogP contribution in [0.25, 0.3) is 0 Å². The Bertz CT molecular complexity index is 294. The highest BCUT2D eigenvalue weighted by molar-refractivity contribution is 5.73. The molecular weight excluding hydrogens is 242 g/mol. The predicted octanol–water partition coefficient (Wildman–Crippen LogP) is 2.40. The van der Waals surface area contributed by atoms with Crippen molar-refractivity contribution in [1.82, 2.24) is 4.90 Å². The second-order valence-corrected chi connectivity index (χ2v) is 5.75. The monoisotopic (exact) mass is 269 g/mol. The van der Waals surface area contributed by atoms with Crippen molar-refractivity contribution in [2.24, 2.45) is 11.8 Å². The van der Waals surface area contributed by atoms with Crippen LogP contribution < -0.4 is 0 Å². The van der Waals surface area contributed by atoms with Crippen molar-refractivity contribution in [3.63, 3.8) is 0 Å². The highest BCUT2D eigenvalue weighted by atomic mass is 16.5. The van der Waals surface area contributed by atoms with Crippen LogP contribution in [0.4, 0.5) is 0 Å². The summed E-state index contributed by atoms with van der Waals surface area (Å²) in [5.74, 6) is 0.174. The third kappa shape index (κ3) is 5.74. The summed E-state index contributed by atoms with van der Waals surface area (Å²) in [5.41, 5.74) is 0. The van der Waals surface area contributed by atoms with Crippen LogP contribution in [0.1, 0.15) is 33.6 Å². The molecule has 0 aromatic rings. The Morgan fingerprint density at radius 1 is 1.42 bits per heavy atom. The molecule has 2 aliphatic rings. The highest BCUT2D eigenvalue weighted by Gasteiger charge is 2.32. The van der Waals surface area contributed by atoms with Crippen LogP contribution >= 0.6 is 0 Å². The lowest BCUT2D eigenvalue weighted by Gasteiger charge is -2.26. The van der Waals surface area contributed by atoms with Crippen molar-refractivity contribution in [2.45, 2.75) is 39.7 Å². The van der Waals surface area contributed by atoms with Crippen LogP contribution in [-0.2, 0) is 9.53 Å². The zero-order valence-electron chi connectivity index (χ0n) is 12.3. The topological polar surface area (TPSA) is 49.8 Å². The molecule has 2 atom stereocenters. The quantitative estimate of drug-likeness (QED) is 0.799. The van der Waals surface area contributed by atoms with Crippen molar-refractivity contribution >= 4 is 5.97 Å². The lowest BCUT2D eigenvalue weighted by Crippen LogP contribution is -2.43. The number of aliphatic carboxylic acids is 1. The summed E-state index contributed by atoms with van der Waals surface area (Å²) in [6, 6.07) is -0.287. The zero-order chi connectivity index (χ0) is 14.3. The van der Waals surface area contributed by atoms with Crippen molar-refractivity contribution in [2.75, 3.05) is 26.3 Å². The van der Waals surface area contributed by atoms with Crippen LogP contribution in [0.15, 0.2) is 12.2 Å². The molecule has 0 amide bonds. The first-order valence-corrected chi connectivity index (χ1v) is 7.22. The average molecular weight is 269 g/mol.